The Labute approximate surface area is 106 Å². The van der Waals surface area contributed by atoms with Gasteiger partial charge in [-0.05, 0) is 32.9 Å². The summed E-state index contributed by atoms with van der Waals surface area (Å²) in [5.41, 5.74) is 0.625. The first kappa shape index (κ1) is 12.6. The molecule has 0 radical (unpaired) electrons. The van der Waals surface area contributed by atoms with Gasteiger partial charge >= 0.3 is 0 Å². The number of nitrogens with zero attached hydrogens (tertiary/aromatic N) is 3. The molecule has 2 aromatic heterocycles. The molecule has 1 N–H and O–H groups in total. The van der Waals surface area contributed by atoms with Crippen molar-refractivity contribution < 1.29 is 9.84 Å². The number of ether oxygens (including phenoxy) is 1. The molecule has 1 unspecified atom stereocenters. The maximum Gasteiger partial charge on any atom is 0.165 e. The lowest BCUT2D eigenvalue weighted by molar-refractivity contribution is 0.194. The monoisotopic (exact) mass is 247 g/mol. The highest BCUT2D eigenvalue weighted by atomic mass is 16.5. The summed E-state index contributed by atoms with van der Waals surface area (Å²) < 4.78 is 7.44. The van der Waals surface area contributed by atoms with Crippen LogP contribution in [0.4, 0.5) is 0 Å². The third kappa shape index (κ3) is 2.87. The molecule has 0 bridgehead atoms. The van der Waals surface area contributed by atoms with Gasteiger partial charge in [-0.15, -0.1) is 0 Å². The van der Waals surface area contributed by atoms with Crippen molar-refractivity contribution in [3.8, 4) is 11.5 Å². The first-order valence-corrected chi connectivity index (χ1v) is 5.92. The predicted octanol–water partition coefficient (Wildman–Crippen LogP) is 2.70. The number of rotatable bonds is 4. The van der Waals surface area contributed by atoms with Crippen molar-refractivity contribution in [2.24, 2.45) is 0 Å². The van der Waals surface area contributed by atoms with Gasteiger partial charge in [0.05, 0.1) is 30.4 Å². The largest absolute Gasteiger partial charge is 0.452 e. The van der Waals surface area contributed by atoms with Gasteiger partial charge in [0.25, 0.3) is 0 Å². The van der Waals surface area contributed by atoms with E-state index < -0.39 is 6.10 Å². The molecule has 2 heterocycles. The minimum absolute atomic E-state index is 0.304. The average molecular weight is 247 g/mol. The number of aliphatic hydroxyl groups is 1. The minimum Gasteiger partial charge on any atom is -0.452 e. The third-order valence-corrected chi connectivity index (χ3v) is 2.53. The van der Waals surface area contributed by atoms with E-state index in [0.717, 1.165) is 0 Å². The standard InChI is InChI=1S/C13H17N3O2/c1-9(2)16-8-12(7-15-16)18-11-4-5-13(10(3)17)14-6-11/h4-10,17H,1-3H3. The predicted molar refractivity (Wildman–Crippen MR) is 67.6 cm³/mol. The zero-order chi connectivity index (χ0) is 13.1. The van der Waals surface area contributed by atoms with Crippen LogP contribution in [0.25, 0.3) is 0 Å². The van der Waals surface area contributed by atoms with E-state index in [4.69, 9.17) is 4.74 Å². The molecule has 2 aromatic rings. The topological polar surface area (TPSA) is 60.2 Å². The van der Waals surface area contributed by atoms with Gasteiger partial charge in [-0.3, -0.25) is 9.67 Å². The smallest absolute Gasteiger partial charge is 0.165 e. The molecular weight excluding hydrogens is 230 g/mol. The normalized spacial score (nSPS) is 12.7. The van der Waals surface area contributed by atoms with Gasteiger partial charge in [0.15, 0.2) is 5.75 Å². The maximum atomic E-state index is 9.35. The lowest BCUT2D eigenvalue weighted by atomic mass is 10.2. The van der Waals surface area contributed by atoms with Crippen LogP contribution in [0.5, 0.6) is 11.5 Å². The zero-order valence-corrected chi connectivity index (χ0v) is 10.7. The summed E-state index contributed by atoms with van der Waals surface area (Å²) in [4.78, 5) is 4.11. The molecule has 0 aliphatic heterocycles. The third-order valence-electron chi connectivity index (χ3n) is 2.53. The molecule has 18 heavy (non-hydrogen) atoms. The Morgan fingerprint density at radius 2 is 1.94 bits per heavy atom. The number of aliphatic hydroxyl groups excluding tert-OH is 1. The van der Waals surface area contributed by atoms with Crippen LogP contribution in [0.1, 0.15) is 38.6 Å². The Kier molecular flexibility index (Phi) is 3.62. The Hall–Kier alpha value is -1.88. The van der Waals surface area contributed by atoms with E-state index in [1.807, 2.05) is 10.9 Å². The van der Waals surface area contributed by atoms with Gasteiger partial charge in [-0.1, -0.05) is 0 Å². The summed E-state index contributed by atoms with van der Waals surface area (Å²) in [5, 5.41) is 13.5. The molecule has 0 fully saturated rings. The van der Waals surface area contributed by atoms with Crippen LogP contribution >= 0.6 is 0 Å². The summed E-state index contributed by atoms with van der Waals surface area (Å²) >= 11 is 0. The average Bonchev–Trinajstić information content (AvgIpc) is 2.78. The van der Waals surface area contributed by atoms with Crippen LogP contribution < -0.4 is 4.74 Å². The van der Waals surface area contributed by atoms with Crippen LogP contribution in [0, 0.1) is 0 Å². The van der Waals surface area contributed by atoms with E-state index in [1.54, 1.807) is 31.5 Å². The summed E-state index contributed by atoms with van der Waals surface area (Å²) in [6.45, 7) is 5.78. The highest BCUT2D eigenvalue weighted by Gasteiger charge is 2.05. The van der Waals surface area contributed by atoms with Gasteiger partial charge in [0, 0.05) is 6.04 Å². The fraction of sp³-hybridized carbons (Fsp3) is 0.385. The Balaban J connectivity index is 2.08. The van der Waals surface area contributed by atoms with Crippen molar-refractivity contribution in [3.63, 3.8) is 0 Å². The lowest BCUT2D eigenvalue weighted by Gasteiger charge is -2.06. The Morgan fingerprint density at radius 1 is 1.17 bits per heavy atom. The highest BCUT2D eigenvalue weighted by Crippen LogP contribution is 2.22. The molecule has 0 aromatic carbocycles. The van der Waals surface area contributed by atoms with E-state index in [-0.39, 0.29) is 0 Å². The molecule has 0 saturated carbocycles. The molecule has 0 saturated heterocycles. The molecule has 5 nitrogen and oxygen atoms in total. The van der Waals surface area contributed by atoms with Gasteiger partial charge in [0.2, 0.25) is 0 Å². The fourth-order valence-electron chi connectivity index (χ4n) is 1.49. The summed E-state index contributed by atoms with van der Waals surface area (Å²) in [6, 6.07) is 3.83. The van der Waals surface area contributed by atoms with Crippen LogP contribution in [0.2, 0.25) is 0 Å². The maximum absolute atomic E-state index is 9.35. The molecule has 0 spiro atoms. The molecule has 96 valence electrons. The SMILES string of the molecule is CC(O)c1ccc(Oc2cnn(C(C)C)c2)cn1. The molecule has 1 atom stereocenters. The molecule has 5 heteroatoms. The van der Waals surface area contributed by atoms with Crippen molar-refractivity contribution in [1.82, 2.24) is 14.8 Å². The summed E-state index contributed by atoms with van der Waals surface area (Å²) in [5.74, 6) is 1.30. The van der Waals surface area contributed by atoms with Crippen molar-refractivity contribution >= 4 is 0 Å². The van der Waals surface area contributed by atoms with Crippen LogP contribution in [0.3, 0.4) is 0 Å². The van der Waals surface area contributed by atoms with Crippen LogP contribution in [-0.2, 0) is 0 Å². The number of hydrogen-bond donors (Lipinski definition) is 1. The van der Waals surface area contributed by atoms with E-state index in [9.17, 15) is 5.11 Å². The zero-order valence-electron chi connectivity index (χ0n) is 10.7. The molecule has 0 amide bonds. The van der Waals surface area contributed by atoms with Crippen LogP contribution in [0.15, 0.2) is 30.7 Å². The molecule has 0 aliphatic carbocycles. The fourth-order valence-corrected chi connectivity index (χ4v) is 1.49. The molecule has 2 rings (SSSR count). The van der Waals surface area contributed by atoms with Gasteiger partial charge in [-0.2, -0.15) is 5.10 Å². The van der Waals surface area contributed by atoms with Crippen molar-refractivity contribution in [3.05, 3.63) is 36.4 Å². The number of aromatic nitrogens is 3. The minimum atomic E-state index is -0.567. The summed E-state index contributed by atoms with van der Waals surface area (Å²) in [6.07, 6.45) is 4.53. The molecular formula is C13H17N3O2. The van der Waals surface area contributed by atoms with E-state index in [0.29, 0.717) is 23.2 Å². The van der Waals surface area contributed by atoms with Gasteiger partial charge < -0.3 is 9.84 Å². The summed E-state index contributed by atoms with van der Waals surface area (Å²) in [7, 11) is 0. The lowest BCUT2D eigenvalue weighted by Crippen LogP contribution is -1.99. The van der Waals surface area contributed by atoms with E-state index in [1.165, 1.54) is 0 Å². The van der Waals surface area contributed by atoms with Crippen molar-refractivity contribution in [2.75, 3.05) is 0 Å². The second-order valence-electron chi connectivity index (χ2n) is 4.45. The van der Waals surface area contributed by atoms with Crippen molar-refractivity contribution in [1.29, 1.82) is 0 Å². The van der Waals surface area contributed by atoms with Gasteiger partial charge in [0.1, 0.15) is 5.75 Å². The van der Waals surface area contributed by atoms with Gasteiger partial charge in [-0.25, -0.2) is 0 Å². The Morgan fingerprint density at radius 3 is 2.44 bits per heavy atom. The first-order chi connectivity index (χ1) is 8.56. The quantitative estimate of drug-likeness (QED) is 0.902. The van der Waals surface area contributed by atoms with Crippen molar-refractivity contribution in [2.45, 2.75) is 32.9 Å². The number of hydrogen-bond acceptors (Lipinski definition) is 4. The number of pyridine rings is 1. The second-order valence-corrected chi connectivity index (χ2v) is 4.45. The Bertz CT molecular complexity index is 503. The first-order valence-electron chi connectivity index (χ1n) is 5.92. The van der Waals surface area contributed by atoms with E-state index in [2.05, 4.69) is 23.9 Å². The van der Waals surface area contributed by atoms with Crippen LogP contribution in [-0.4, -0.2) is 19.9 Å². The highest BCUT2D eigenvalue weighted by molar-refractivity contribution is 5.27. The second kappa shape index (κ2) is 5.18. The van der Waals surface area contributed by atoms with E-state index >= 15 is 0 Å². The molecule has 0 aliphatic rings.